The fourth-order valence-electron chi connectivity index (χ4n) is 3.12. The van der Waals surface area contributed by atoms with Gasteiger partial charge in [0.2, 0.25) is 5.91 Å². The lowest BCUT2D eigenvalue weighted by Gasteiger charge is -2.32. The molecule has 1 aromatic carbocycles. The number of benzene rings is 1. The van der Waals surface area contributed by atoms with Crippen molar-refractivity contribution in [1.29, 1.82) is 0 Å². The quantitative estimate of drug-likeness (QED) is 0.911. The van der Waals surface area contributed by atoms with E-state index in [0.29, 0.717) is 11.5 Å². The summed E-state index contributed by atoms with van der Waals surface area (Å²) in [5.74, 6) is 1.19. The maximum Gasteiger partial charge on any atom is 0.221 e. The molecule has 5 nitrogen and oxygen atoms in total. The average Bonchev–Trinajstić information content (AvgIpc) is 2.80. The van der Waals surface area contributed by atoms with Crippen molar-refractivity contribution in [2.75, 3.05) is 14.2 Å². The molecule has 0 saturated heterocycles. The Bertz CT molecular complexity index is 637. The van der Waals surface area contributed by atoms with E-state index in [1.165, 1.54) is 0 Å². The van der Waals surface area contributed by atoms with Crippen molar-refractivity contribution in [3.8, 4) is 11.5 Å². The zero-order chi connectivity index (χ0) is 15.0. The number of ether oxygens (including phenoxy) is 2. The molecule has 0 fully saturated rings. The lowest BCUT2D eigenvalue weighted by Crippen LogP contribution is -2.43. The minimum absolute atomic E-state index is 0.0132. The summed E-state index contributed by atoms with van der Waals surface area (Å²) in [5, 5.41) is 2.65. The number of amides is 1. The van der Waals surface area contributed by atoms with Crippen molar-refractivity contribution < 1.29 is 19.1 Å². The van der Waals surface area contributed by atoms with Gasteiger partial charge in [0.05, 0.1) is 12.5 Å². The van der Waals surface area contributed by atoms with E-state index in [4.69, 9.17) is 9.47 Å². The summed E-state index contributed by atoms with van der Waals surface area (Å²) >= 11 is 0. The molecule has 1 aromatic rings. The third kappa shape index (κ3) is 2.00. The standard InChI is InChI=1S/C16H17NO4/c1-17-14(19)9-16-7-6-10(18)8-13(16)21-15-11(16)4-3-5-12(15)20-2/h3-7,13H,8-9H2,1-2H3,(H,17,19). The second-order valence-electron chi connectivity index (χ2n) is 5.34. The van der Waals surface area contributed by atoms with Crippen LogP contribution < -0.4 is 14.8 Å². The molecular weight excluding hydrogens is 270 g/mol. The number of methoxy groups -OCH3 is 1. The highest BCUT2D eigenvalue weighted by atomic mass is 16.5. The average molecular weight is 287 g/mol. The molecule has 5 heteroatoms. The van der Waals surface area contributed by atoms with Crippen molar-refractivity contribution >= 4 is 11.7 Å². The highest BCUT2D eigenvalue weighted by molar-refractivity contribution is 5.93. The molecule has 110 valence electrons. The van der Waals surface area contributed by atoms with Gasteiger partial charge in [-0.15, -0.1) is 0 Å². The Morgan fingerprint density at radius 3 is 3.05 bits per heavy atom. The van der Waals surface area contributed by atoms with E-state index in [-0.39, 0.29) is 30.6 Å². The van der Waals surface area contributed by atoms with E-state index in [0.717, 1.165) is 5.56 Å². The van der Waals surface area contributed by atoms with Gasteiger partial charge >= 0.3 is 0 Å². The summed E-state index contributed by atoms with van der Waals surface area (Å²) in [5.41, 5.74) is 0.303. The van der Waals surface area contributed by atoms with Gasteiger partial charge in [-0.05, 0) is 12.1 Å². The molecule has 2 aliphatic rings. The van der Waals surface area contributed by atoms with Crippen LogP contribution in [0.25, 0.3) is 0 Å². The Morgan fingerprint density at radius 1 is 1.52 bits per heavy atom. The first kappa shape index (κ1) is 13.7. The summed E-state index contributed by atoms with van der Waals surface area (Å²) < 4.78 is 11.3. The molecule has 1 aliphatic heterocycles. The molecule has 0 radical (unpaired) electrons. The van der Waals surface area contributed by atoms with Gasteiger partial charge in [-0.25, -0.2) is 0 Å². The molecule has 1 amide bonds. The maximum atomic E-state index is 11.9. The Balaban J connectivity index is 2.14. The van der Waals surface area contributed by atoms with E-state index in [1.54, 1.807) is 20.2 Å². The number of nitrogens with one attached hydrogen (secondary N) is 1. The van der Waals surface area contributed by atoms with Crippen LogP contribution in [0.1, 0.15) is 18.4 Å². The van der Waals surface area contributed by atoms with Crippen LogP contribution in [0.15, 0.2) is 30.4 Å². The number of fused-ring (bicyclic) bond motifs is 3. The number of hydrogen-bond acceptors (Lipinski definition) is 4. The molecule has 1 aliphatic carbocycles. The first-order valence-corrected chi connectivity index (χ1v) is 6.87. The normalized spacial score (nSPS) is 25.8. The van der Waals surface area contributed by atoms with Gasteiger partial charge in [0.25, 0.3) is 0 Å². The first-order chi connectivity index (χ1) is 10.1. The molecule has 0 spiro atoms. The predicted octanol–water partition coefficient (Wildman–Crippen LogP) is 1.36. The van der Waals surface area contributed by atoms with E-state index in [9.17, 15) is 9.59 Å². The lowest BCUT2D eigenvalue weighted by atomic mass is 9.70. The van der Waals surface area contributed by atoms with Crippen LogP contribution in [-0.4, -0.2) is 32.0 Å². The number of hydrogen-bond donors (Lipinski definition) is 1. The van der Waals surface area contributed by atoms with Crippen molar-refractivity contribution in [3.05, 3.63) is 35.9 Å². The maximum absolute atomic E-state index is 11.9. The summed E-state index contributed by atoms with van der Waals surface area (Å²) in [6.45, 7) is 0. The third-order valence-corrected chi connectivity index (χ3v) is 4.22. The molecule has 3 rings (SSSR count). The zero-order valence-electron chi connectivity index (χ0n) is 12.0. The molecule has 0 saturated carbocycles. The van der Waals surface area contributed by atoms with E-state index >= 15 is 0 Å². The predicted molar refractivity (Wildman–Crippen MR) is 76.5 cm³/mol. The Labute approximate surface area is 122 Å². The lowest BCUT2D eigenvalue weighted by molar-refractivity contribution is -0.123. The van der Waals surface area contributed by atoms with E-state index in [2.05, 4.69) is 5.32 Å². The van der Waals surface area contributed by atoms with Crippen LogP contribution in [0.4, 0.5) is 0 Å². The van der Waals surface area contributed by atoms with Crippen LogP contribution in [0, 0.1) is 0 Å². The van der Waals surface area contributed by atoms with Crippen LogP contribution in [0.2, 0.25) is 0 Å². The van der Waals surface area contributed by atoms with Crippen LogP contribution in [0.3, 0.4) is 0 Å². The molecule has 1 N–H and O–H groups in total. The third-order valence-electron chi connectivity index (χ3n) is 4.22. The molecule has 2 unspecified atom stereocenters. The summed E-state index contributed by atoms with van der Waals surface area (Å²) in [4.78, 5) is 23.7. The molecule has 1 heterocycles. The number of rotatable bonds is 3. The van der Waals surface area contributed by atoms with E-state index in [1.807, 2.05) is 24.3 Å². The number of carbonyl (C=O) groups is 2. The van der Waals surface area contributed by atoms with Crippen molar-refractivity contribution in [1.82, 2.24) is 5.32 Å². The highest BCUT2D eigenvalue weighted by Gasteiger charge is 2.51. The van der Waals surface area contributed by atoms with Gasteiger partial charge in [-0.3, -0.25) is 9.59 Å². The number of carbonyl (C=O) groups excluding carboxylic acids is 2. The van der Waals surface area contributed by atoms with E-state index < -0.39 is 5.41 Å². The van der Waals surface area contributed by atoms with Gasteiger partial charge in [0.1, 0.15) is 6.10 Å². The fourth-order valence-corrected chi connectivity index (χ4v) is 3.12. The molecule has 0 aromatic heterocycles. The van der Waals surface area contributed by atoms with Crippen molar-refractivity contribution in [2.24, 2.45) is 0 Å². The van der Waals surface area contributed by atoms with Gasteiger partial charge in [0, 0.05) is 25.5 Å². The van der Waals surface area contributed by atoms with Crippen LogP contribution in [0.5, 0.6) is 11.5 Å². The summed E-state index contributed by atoms with van der Waals surface area (Å²) in [6, 6.07) is 5.62. The Kier molecular flexibility index (Phi) is 3.20. The highest BCUT2D eigenvalue weighted by Crippen LogP contribution is 2.52. The topological polar surface area (TPSA) is 64.6 Å². The SMILES string of the molecule is CNC(=O)CC12C=CC(=O)CC1Oc1c(OC)cccc12. The monoisotopic (exact) mass is 287 g/mol. The smallest absolute Gasteiger partial charge is 0.221 e. The second kappa shape index (κ2) is 4.91. The Hall–Kier alpha value is -2.30. The second-order valence-corrected chi connectivity index (χ2v) is 5.34. The summed E-state index contributed by atoms with van der Waals surface area (Å²) in [6.07, 6.45) is 3.52. The number of ketones is 1. The molecule has 0 bridgehead atoms. The zero-order valence-corrected chi connectivity index (χ0v) is 12.0. The van der Waals surface area contributed by atoms with Crippen molar-refractivity contribution in [2.45, 2.75) is 24.4 Å². The van der Waals surface area contributed by atoms with Crippen LogP contribution >= 0.6 is 0 Å². The fraction of sp³-hybridized carbons (Fsp3) is 0.375. The van der Waals surface area contributed by atoms with Gasteiger partial charge in [-0.1, -0.05) is 18.2 Å². The minimum atomic E-state index is -0.599. The van der Waals surface area contributed by atoms with Crippen molar-refractivity contribution in [3.63, 3.8) is 0 Å². The number of allylic oxidation sites excluding steroid dienone is 1. The molecule has 21 heavy (non-hydrogen) atoms. The van der Waals surface area contributed by atoms with Gasteiger partial charge in [-0.2, -0.15) is 0 Å². The minimum Gasteiger partial charge on any atom is -0.493 e. The summed E-state index contributed by atoms with van der Waals surface area (Å²) in [7, 11) is 3.18. The number of para-hydroxylation sites is 1. The van der Waals surface area contributed by atoms with Gasteiger partial charge in [0.15, 0.2) is 17.3 Å². The van der Waals surface area contributed by atoms with Gasteiger partial charge < -0.3 is 14.8 Å². The van der Waals surface area contributed by atoms with Crippen LogP contribution in [-0.2, 0) is 15.0 Å². The molecule has 2 atom stereocenters. The molecular formula is C16H17NO4. The largest absolute Gasteiger partial charge is 0.493 e. The Morgan fingerprint density at radius 2 is 2.33 bits per heavy atom. The first-order valence-electron chi connectivity index (χ1n) is 6.87.